The van der Waals surface area contributed by atoms with Gasteiger partial charge in [-0.05, 0) is 50.3 Å². The van der Waals surface area contributed by atoms with Crippen molar-refractivity contribution in [1.82, 2.24) is 0 Å². The van der Waals surface area contributed by atoms with E-state index in [4.69, 9.17) is 0 Å². The van der Waals surface area contributed by atoms with Crippen molar-refractivity contribution in [2.75, 3.05) is 24.6 Å². The first-order valence-electron chi connectivity index (χ1n) is 14.1. The first kappa shape index (κ1) is 32.9. The Morgan fingerprint density at radius 3 is 0.833 bits per heavy atom. The molecule has 0 saturated heterocycles. The van der Waals surface area contributed by atoms with Crippen molar-refractivity contribution in [1.29, 1.82) is 0 Å². The van der Waals surface area contributed by atoms with E-state index in [1.54, 1.807) is 31.1 Å². The van der Waals surface area contributed by atoms with Gasteiger partial charge in [-0.15, -0.1) is 19.7 Å². The Kier molecular flexibility index (Phi) is 28.5. The molecule has 0 heterocycles. The predicted molar refractivity (Wildman–Crippen MR) is 149 cm³/mol. The number of hydrogen-bond donors (Lipinski definition) is 0. The van der Waals surface area contributed by atoms with Crippen LogP contribution in [0.25, 0.3) is 0 Å². The number of hydrogen-bond acceptors (Lipinski definition) is 0. The average molecular weight is 464 g/mol. The molecule has 0 aliphatic carbocycles. The Balaban J connectivity index is 0. The van der Waals surface area contributed by atoms with Gasteiger partial charge in [-0.2, -0.15) is 0 Å². The molecule has 0 aliphatic heterocycles. The van der Waals surface area contributed by atoms with Crippen LogP contribution < -0.4 is 0 Å². The lowest BCUT2D eigenvalue weighted by Gasteiger charge is -2.37. The molecule has 0 saturated carbocycles. The quantitative estimate of drug-likeness (QED) is 0.0985. The van der Waals surface area contributed by atoms with Gasteiger partial charge in [-0.25, -0.2) is 0 Å². The molecule has 0 bridgehead atoms. The molecule has 0 fully saturated rings. The van der Waals surface area contributed by atoms with Gasteiger partial charge in [0.05, 0.1) is 0 Å². The first-order chi connectivity index (χ1) is 14.2. The van der Waals surface area contributed by atoms with Crippen molar-refractivity contribution in [2.45, 2.75) is 156 Å². The van der Waals surface area contributed by atoms with Crippen LogP contribution in [0.15, 0.2) is 0 Å². The summed E-state index contributed by atoms with van der Waals surface area (Å²) < 4.78 is 0. The van der Waals surface area contributed by atoms with Crippen LogP contribution in [0.4, 0.5) is 0 Å². The van der Waals surface area contributed by atoms with Crippen LogP contribution in [0.2, 0.25) is 0 Å². The fourth-order valence-electron chi connectivity index (χ4n) is 4.79. The van der Waals surface area contributed by atoms with Crippen LogP contribution >= 0.6 is 19.7 Å². The van der Waals surface area contributed by atoms with Gasteiger partial charge in [0.15, 0.2) is 0 Å². The summed E-state index contributed by atoms with van der Waals surface area (Å²) in [6.45, 7) is 9.48. The van der Waals surface area contributed by atoms with Gasteiger partial charge in [-0.3, -0.25) is 0 Å². The lowest BCUT2D eigenvalue weighted by Crippen LogP contribution is -2.13. The van der Waals surface area contributed by atoms with E-state index in [0.29, 0.717) is 0 Å². The Morgan fingerprint density at radius 1 is 0.300 bits per heavy atom. The third-order valence-electron chi connectivity index (χ3n) is 6.94. The molecule has 0 atom stereocenters. The largest absolute Gasteiger partial charge is 0.147 e. The standard InChI is InChI=1S/C28H60P.ClH/c1-5-9-13-14-15-16-17-18-19-20-21-22-23-24-28-29(25-10-6-2,26-11-7-3)27-12-8-4;/h5-28H2,1-4H3;1H. The number of unbranched alkanes of at least 4 members (excludes halogenated alkanes) is 16. The molecule has 0 N–H and O–H groups in total. The second-order valence-electron chi connectivity index (χ2n) is 9.89. The molecule has 185 valence electrons. The van der Waals surface area contributed by atoms with E-state index >= 15 is 0 Å². The second-order valence-corrected chi connectivity index (χ2v) is 14.4. The molecule has 0 aromatic carbocycles. The smallest absolute Gasteiger partial charge is 0.0359 e. The summed E-state index contributed by atoms with van der Waals surface area (Å²) >= 11 is 0. The Morgan fingerprint density at radius 2 is 0.533 bits per heavy atom. The van der Waals surface area contributed by atoms with Gasteiger partial charge < -0.3 is 0 Å². The lowest BCUT2D eigenvalue weighted by atomic mass is 10.0. The molecule has 0 unspecified atom stereocenters. The Hall–Kier alpha value is 0.720. The maximum atomic E-state index is 2.39. The summed E-state index contributed by atoms with van der Waals surface area (Å²) in [6.07, 6.45) is 36.0. The van der Waals surface area contributed by atoms with E-state index in [0.717, 1.165) is 0 Å². The molecule has 30 heavy (non-hydrogen) atoms. The maximum absolute atomic E-state index is 2.39. The van der Waals surface area contributed by atoms with E-state index in [1.165, 1.54) is 122 Å². The van der Waals surface area contributed by atoms with Gasteiger partial charge in [0.2, 0.25) is 0 Å². The van der Waals surface area contributed by atoms with Crippen molar-refractivity contribution in [3.8, 4) is 0 Å². The van der Waals surface area contributed by atoms with Crippen molar-refractivity contribution in [3.63, 3.8) is 0 Å². The molecule has 0 spiro atoms. The normalized spacial score (nSPS) is 11.6. The highest BCUT2D eigenvalue weighted by Gasteiger charge is 2.24. The highest BCUT2D eigenvalue weighted by Crippen LogP contribution is 2.61. The summed E-state index contributed by atoms with van der Waals surface area (Å²) in [6, 6.07) is 0. The van der Waals surface area contributed by atoms with E-state index in [1.807, 2.05) is 0 Å². The number of halogens is 1. The third-order valence-corrected chi connectivity index (χ3v) is 12.0. The van der Waals surface area contributed by atoms with Crippen LogP contribution in [0, 0.1) is 0 Å². The predicted octanol–water partition coefficient (Wildman–Crippen LogP) is 11.3. The van der Waals surface area contributed by atoms with Gasteiger partial charge >= 0.3 is 0 Å². The molecule has 0 nitrogen and oxygen atoms in total. The lowest BCUT2D eigenvalue weighted by molar-refractivity contribution is 0.538. The molecular weight excluding hydrogens is 403 g/mol. The van der Waals surface area contributed by atoms with Crippen LogP contribution in [0.3, 0.4) is 0 Å². The van der Waals surface area contributed by atoms with Gasteiger partial charge in [0.25, 0.3) is 0 Å². The van der Waals surface area contributed by atoms with Crippen molar-refractivity contribution >= 4 is 19.7 Å². The van der Waals surface area contributed by atoms with Crippen LogP contribution in [-0.4, -0.2) is 24.6 Å². The van der Waals surface area contributed by atoms with Gasteiger partial charge in [0.1, 0.15) is 0 Å². The zero-order valence-electron chi connectivity index (χ0n) is 21.8. The average Bonchev–Trinajstić information content (AvgIpc) is 2.74. The Bertz CT molecular complexity index is 283. The van der Waals surface area contributed by atoms with Crippen molar-refractivity contribution in [3.05, 3.63) is 0 Å². The summed E-state index contributed by atoms with van der Waals surface area (Å²) in [4.78, 5) is 0. The minimum atomic E-state index is -0.630. The molecule has 1 radical (unpaired) electrons. The van der Waals surface area contributed by atoms with Crippen LogP contribution in [-0.2, 0) is 0 Å². The summed E-state index contributed by atoms with van der Waals surface area (Å²) in [5.41, 5.74) is 0. The minimum absolute atomic E-state index is 0. The fourth-order valence-corrected chi connectivity index (χ4v) is 9.99. The van der Waals surface area contributed by atoms with Gasteiger partial charge in [0, 0.05) is 0 Å². The SMILES string of the molecule is CCCCCCCCCCCCCCCC[P](CCCC)(CCCC)CCCC.Cl. The fraction of sp³-hybridized carbons (Fsp3) is 1.00. The summed E-state index contributed by atoms with van der Waals surface area (Å²) in [5.74, 6) is 0. The van der Waals surface area contributed by atoms with E-state index in [-0.39, 0.29) is 12.4 Å². The monoisotopic (exact) mass is 463 g/mol. The third kappa shape index (κ3) is 20.6. The zero-order valence-corrected chi connectivity index (χ0v) is 23.5. The molecule has 0 amide bonds. The minimum Gasteiger partial charge on any atom is -0.147 e. The molecule has 0 aromatic heterocycles. The van der Waals surface area contributed by atoms with Crippen LogP contribution in [0.5, 0.6) is 0 Å². The first-order valence-corrected chi connectivity index (χ1v) is 16.6. The van der Waals surface area contributed by atoms with Crippen molar-refractivity contribution in [2.24, 2.45) is 0 Å². The molecular formula is C28H61ClP. The second kappa shape index (κ2) is 26.0. The van der Waals surface area contributed by atoms with E-state index in [9.17, 15) is 0 Å². The zero-order chi connectivity index (χ0) is 21.5. The highest BCUT2D eigenvalue weighted by molar-refractivity contribution is 7.75. The molecule has 0 aromatic rings. The summed E-state index contributed by atoms with van der Waals surface area (Å²) in [7, 11) is -0.630. The molecule has 0 rings (SSSR count). The molecule has 2 heteroatoms. The maximum Gasteiger partial charge on any atom is -0.0359 e. The highest BCUT2D eigenvalue weighted by atomic mass is 35.5. The van der Waals surface area contributed by atoms with Crippen LogP contribution in [0.1, 0.15) is 156 Å². The topological polar surface area (TPSA) is 0 Å². The Labute approximate surface area is 200 Å². The van der Waals surface area contributed by atoms with E-state index in [2.05, 4.69) is 27.7 Å². The molecule has 0 aliphatic rings. The van der Waals surface area contributed by atoms with Crippen molar-refractivity contribution < 1.29 is 0 Å². The number of rotatable bonds is 24. The van der Waals surface area contributed by atoms with Gasteiger partial charge in [-0.1, -0.05) is 130 Å². The summed E-state index contributed by atoms with van der Waals surface area (Å²) in [5, 5.41) is 0. The van der Waals surface area contributed by atoms with E-state index < -0.39 is 7.26 Å².